The fourth-order valence-corrected chi connectivity index (χ4v) is 3.09. The number of carbonyl (C=O) groups is 2. The summed E-state index contributed by atoms with van der Waals surface area (Å²) in [7, 11) is 0. The molecule has 2 rings (SSSR count). The molecule has 1 aliphatic heterocycles. The summed E-state index contributed by atoms with van der Waals surface area (Å²) in [6.07, 6.45) is 0.259. The molecule has 2 amide bonds. The molecule has 1 aromatic heterocycles. The van der Waals surface area contributed by atoms with Crippen LogP contribution in [-0.2, 0) is 11.3 Å². The highest BCUT2D eigenvalue weighted by molar-refractivity contribution is 8.13. The number of aromatic amines is 1. The van der Waals surface area contributed by atoms with Gasteiger partial charge in [0.25, 0.3) is 10.8 Å². The molecule has 0 saturated carbocycles. The minimum Gasteiger partial charge on any atom is -0.352 e. The summed E-state index contributed by atoms with van der Waals surface area (Å²) < 4.78 is 0. The number of carbonyl (C=O) groups excluding carboxylic acids is 2. The van der Waals surface area contributed by atoms with E-state index in [1.165, 1.54) is 11.8 Å². The largest absolute Gasteiger partial charge is 0.352 e. The van der Waals surface area contributed by atoms with Crippen LogP contribution in [0, 0.1) is 13.8 Å². The predicted molar refractivity (Wildman–Crippen MR) is 82.4 cm³/mol. The SMILES string of the molecule is Cc1cc(C)c(CNC(=O)CCN2CCSC2=O)c(=O)[nH]1. The summed E-state index contributed by atoms with van der Waals surface area (Å²) in [5.41, 5.74) is 2.07. The number of hydrogen-bond acceptors (Lipinski definition) is 4. The lowest BCUT2D eigenvalue weighted by molar-refractivity contribution is -0.121. The van der Waals surface area contributed by atoms with Crippen molar-refractivity contribution in [2.45, 2.75) is 26.8 Å². The minimum absolute atomic E-state index is 0.0358. The Labute approximate surface area is 127 Å². The van der Waals surface area contributed by atoms with Gasteiger partial charge in [-0.1, -0.05) is 11.8 Å². The van der Waals surface area contributed by atoms with Gasteiger partial charge in [-0.2, -0.15) is 0 Å². The highest BCUT2D eigenvalue weighted by Crippen LogP contribution is 2.16. The topological polar surface area (TPSA) is 82.3 Å². The van der Waals surface area contributed by atoms with E-state index in [2.05, 4.69) is 10.3 Å². The van der Waals surface area contributed by atoms with Crippen molar-refractivity contribution >= 4 is 22.9 Å². The maximum Gasteiger partial charge on any atom is 0.281 e. The normalized spacial score (nSPS) is 14.6. The molecule has 6 nitrogen and oxygen atoms in total. The molecule has 114 valence electrons. The van der Waals surface area contributed by atoms with Gasteiger partial charge in [0, 0.05) is 43.1 Å². The molecule has 0 bridgehead atoms. The Bertz CT molecular complexity index is 612. The summed E-state index contributed by atoms with van der Waals surface area (Å²) >= 11 is 1.28. The third kappa shape index (κ3) is 4.10. The zero-order valence-corrected chi connectivity index (χ0v) is 13.0. The smallest absolute Gasteiger partial charge is 0.281 e. The molecular weight excluding hydrogens is 290 g/mol. The number of aryl methyl sites for hydroxylation is 2. The van der Waals surface area contributed by atoms with Gasteiger partial charge < -0.3 is 15.2 Å². The van der Waals surface area contributed by atoms with Crippen molar-refractivity contribution in [2.24, 2.45) is 0 Å². The van der Waals surface area contributed by atoms with Crippen LogP contribution in [0.15, 0.2) is 10.9 Å². The monoisotopic (exact) mass is 309 g/mol. The molecule has 0 atom stereocenters. The number of thioether (sulfide) groups is 1. The van der Waals surface area contributed by atoms with E-state index in [0.29, 0.717) is 18.7 Å². The van der Waals surface area contributed by atoms with E-state index in [9.17, 15) is 14.4 Å². The first-order valence-corrected chi connectivity index (χ1v) is 7.83. The standard InChI is InChI=1S/C14H19N3O3S/c1-9-7-10(2)16-13(19)11(9)8-15-12(18)3-4-17-5-6-21-14(17)20/h7H,3-6,8H2,1-2H3,(H,15,18)(H,16,19). The number of H-pyrrole nitrogens is 1. The van der Waals surface area contributed by atoms with Crippen molar-refractivity contribution in [2.75, 3.05) is 18.8 Å². The first-order chi connectivity index (χ1) is 9.97. The molecule has 0 aromatic carbocycles. The van der Waals surface area contributed by atoms with E-state index in [1.54, 1.807) is 4.90 Å². The lowest BCUT2D eigenvalue weighted by atomic mass is 10.1. The Morgan fingerprint density at radius 1 is 1.43 bits per heavy atom. The second-order valence-electron chi connectivity index (χ2n) is 5.07. The van der Waals surface area contributed by atoms with Gasteiger partial charge in [-0.05, 0) is 25.5 Å². The highest BCUT2D eigenvalue weighted by atomic mass is 32.2. The number of hydrogen-bond donors (Lipinski definition) is 2. The Kier molecular flexibility index (Phi) is 5.06. The Morgan fingerprint density at radius 3 is 2.81 bits per heavy atom. The average Bonchev–Trinajstić information content (AvgIpc) is 2.80. The molecule has 1 aromatic rings. The maximum absolute atomic E-state index is 11.8. The summed E-state index contributed by atoms with van der Waals surface area (Å²) in [6.45, 7) is 5.02. The lowest BCUT2D eigenvalue weighted by Crippen LogP contribution is -2.32. The third-order valence-electron chi connectivity index (χ3n) is 3.41. The van der Waals surface area contributed by atoms with Crippen molar-refractivity contribution in [3.8, 4) is 0 Å². The van der Waals surface area contributed by atoms with E-state index < -0.39 is 0 Å². The highest BCUT2D eigenvalue weighted by Gasteiger charge is 2.21. The molecule has 1 aliphatic rings. The van der Waals surface area contributed by atoms with E-state index in [-0.39, 0.29) is 29.7 Å². The van der Waals surface area contributed by atoms with Gasteiger partial charge in [0.05, 0.1) is 0 Å². The van der Waals surface area contributed by atoms with Crippen LogP contribution in [0.1, 0.15) is 23.2 Å². The van der Waals surface area contributed by atoms with E-state index >= 15 is 0 Å². The molecule has 2 N–H and O–H groups in total. The zero-order chi connectivity index (χ0) is 15.4. The molecule has 2 heterocycles. The van der Waals surface area contributed by atoms with E-state index in [0.717, 1.165) is 17.0 Å². The van der Waals surface area contributed by atoms with Crippen LogP contribution in [-0.4, -0.2) is 39.9 Å². The van der Waals surface area contributed by atoms with Crippen molar-refractivity contribution in [1.82, 2.24) is 15.2 Å². The molecular formula is C14H19N3O3S. The van der Waals surface area contributed by atoms with Crippen LogP contribution in [0.3, 0.4) is 0 Å². The number of nitrogens with one attached hydrogen (secondary N) is 2. The van der Waals surface area contributed by atoms with Crippen molar-refractivity contribution in [3.05, 3.63) is 33.2 Å². The van der Waals surface area contributed by atoms with Crippen LogP contribution in [0.4, 0.5) is 4.79 Å². The van der Waals surface area contributed by atoms with Gasteiger partial charge in [0.1, 0.15) is 0 Å². The molecule has 21 heavy (non-hydrogen) atoms. The first-order valence-electron chi connectivity index (χ1n) is 6.85. The van der Waals surface area contributed by atoms with Gasteiger partial charge in [0.2, 0.25) is 5.91 Å². The van der Waals surface area contributed by atoms with Crippen LogP contribution in [0.2, 0.25) is 0 Å². The zero-order valence-electron chi connectivity index (χ0n) is 12.2. The molecule has 0 aliphatic carbocycles. The fraction of sp³-hybridized carbons (Fsp3) is 0.500. The van der Waals surface area contributed by atoms with Crippen LogP contribution >= 0.6 is 11.8 Å². The number of aromatic nitrogens is 1. The fourth-order valence-electron chi connectivity index (χ4n) is 2.24. The lowest BCUT2D eigenvalue weighted by Gasteiger charge is -2.14. The van der Waals surface area contributed by atoms with Crippen LogP contribution in [0.5, 0.6) is 0 Å². The first kappa shape index (κ1) is 15.6. The molecule has 1 fully saturated rings. The molecule has 0 radical (unpaired) electrons. The third-order valence-corrected chi connectivity index (χ3v) is 4.30. The second-order valence-corrected chi connectivity index (χ2v) is 6.12. The predicted octanol–water partition coefficient (Wildman–Crippen LogP) is 1.17. The van der Waals surface area contributed by atoms with Crippen molar-refractivity contribution in [3.63, 3.8) is 0 Å². The summed E-state index contributed by atoms with van der Waals surface area (Å²) in [5, 5.41) is 2.77. The summed E-state index contributed by atoms with van der Waals surface area (Å²) in [6, 6.07) is 1.88. The Balaban J connectivity index is 1.84. The number of nitrogens with zero attached hydrogens (tertiary/aromatic N) is 1. The van der Waals surface area contributed by atoms with E-state index in [4.69, 9.17) is 0 Å². The number of amides is 2. The average molecular weight is 309 g/mol. The summed E-state index contributed by atoms with van der Waals surface area (Å²) in [5.74, 6) is 0.636. The van der Waals surface area contributed by atoms with Crippen molar-refractivity contribution < 1.29 is 9.59 Å². The summed E-state index contributed by atoms with van der Waals surface area (Å²) in [4.78, 5) is 39.4. The minimum atomic E-state index is -0.168. The quantitative estimate of drug-likeness (QED) is 0.855. The van der Waals surface area contributed by atoms with Gasteiger partial charge in [-0.3, -0.25) is 14.4 Å². The maximum atomic E-state index is 11.8. The van der Waals surface area contributed by atoms with Crippen LogP contribution in [0.25, 0.3) is 0 Å². The Hall–Kier alpha value is -1.76. The van der Waals surface area contributed by atoms with Crippen LogP contribution < -0.4 is 10.9 Å². The molecule has 1 saturated heterocycles. The molecule has 7 heteroatoms. The van der Waals surface area contributed by atoms with Gasteiger partial charge >= 0.3 is 0 Å². The van der Waals surface area contributed by atoms with Gasteiger partial charge in [0.15, 0.2) is 0 Å². The Morgan fingerprint density at radius 2 is 2.19 bits per heavy atom. The number of rotatable bonds is 5. The van der Waals surface area contributed by atoms with Gasteiger partial charge in [-0.25, -0.2) is 0 Å². The number of pyridine rings is 1. The second kappa shape index (κ2) is 6.80. The molecule has 0 spiro atoms. The molecule has 0 unspecified atom stereocenters. The van der Waals surface area contributed by atoms with Crippen molar-refractivity contribution in [1.29, 1.82) is 0 Å². The van der Waals surface area contributed by atoms with Gasteiger partial charge in [-0.15, -0.1) is 0 Å². The van der Waals surface area contributed by atoms with E-state index in [1.807, 2.05) is 19.9 Å².